The third-order valence-corrected chi connectivity index (χ3v) is 4.25. The molecule has 0 aliphatic rings. The van der Waals surface area contributed by atoms with Gasteiger partial charge in [0.05, 0.1) is 38.5 Å². The van der Waals surface area contributed by atoms with Gasteiger partial charge in [0, 0.05) is 23.7 Å². The van der Waals surface area contributed by atoms with Crippen molar-refractivity contribution in [1.29, 1.82) is 0 Å². The van der Waals surface area contributed by atoms with E-state index in [2.05, 4.69) is 5.32 Å². The van der Waals surface area contributed by atoms with Crippen LogP contribution in [0.1, 0.15) is 15.9 Å². The molecule has 0 saturated heterocycles. The fourth-order valence-electron chi connectivity index (χ4n) is 2.39. The quantitative estimate of drug-likeness (QED) is 0.762. The minimum Gasteiger partial charge on any atom is -0.496 e. The summed E-state index contributed by atoms with van der Waals surface area (Å²) in [5.41, 5.74) is 1.05. The molecule has 2 aromatic rings. The predicted molar refractivity (Wildman–Crippen MR) is 100 cm³/mol. The van der Waals surface area contributed by atoms with E-state index in [-0.39, 0.29) is 22.5 Å². The molecule has 0 heterocycles. The van der Waals surface area contributed by atoms with Crippen molar-refractivity contribution in [3.05, 3.63) is 45.4 Å². The molecular formula is C18H19Cl2NO5. The maximum Gasteiger partial charge on any atom is 0.251 e. The molecule has 0 radical (unpaired) electrons. The standard InChI is InChI=1S/C18H19Cl2NO5/c1-23-14-8-16(25-3)15(24-2)7-11(14)9-21-18(22)10-5-12(19)17(26-4)13(20)6-10/h5-8H,9H2,1-4H3,(H,21,22). The highest BCUT2D eigenvalue weighted by molar-refractivity contribution is 6.37. The van der Waals surface area contributed by atoms with Crippen molar-refractivity contribution in [2.45, 2.75) is 6.54 Å². The first kappa shape index (κ1) is 20.0. The van der Waals surface area contributed by atoms with Gasteiger partial charge in [-0.05, 0) is 18.2 Å². The molecule has 0 fully saturated rings. The first-order valence-corrected chi connectivity index (χ1v) is 8.30. The van der Waals surface area contributed by atoms with Crippen LogP contribution in [0, 0.1) is 0 Å². The molecule has 2 aromatic carbocycles. The molecule has 0 atom stereocenters. The number of carbonyl (C=O) groups excluding carboxylic acids is 1. The Kier molecular flexibility index (Phi) is 6.83. The summed E-state index contributed by atoms with van der Waals surface area (Å²) in [6.45, 7) is 0.212. The van der Waals surface area contributed by atoms with Gasteiger partial charge >= 0.3 is 0 Å². The highest BCUT2D eigenvalue weighted by atomic mass is 35.5. The lowest BCUT2D eigenvalue weighted by Gasteiger charge is -2.15. The minimum absolute atomic E-state index is 0.212. The Labute approximate surface area is 161 Å². The van der Waals surface area contributed by atoms with Gasteiger partial charge in [-0.25, -0.2) is 0 Å². The van der Waals surface area contributed by atoms with Crippen molar-refractivity contribution in [3.8, 4) is 23.0 Å². The lowest BCUT2D eigenvalue weighted by Crippen LogP contribution is -2.23. The molecule has 2 rings (SSSR count). The van der Waals surface area contributed by atoms with Crippen LogP contribution in [0.4, 0.5) is 0 Å². The van der Waals surface area contributed by atoms with E-state index in [0.717, 1.165) is 5.56 Å². The van der Waals surface area contributed by atoms with Gasteiger partial charge in [0.15, 0.2) is 17.2 Å². The Morgan fingerprint density at radius 3 is 1.88 bits per heavy atom. The van der Waals surface area contributed by atoms with Gasteiger partial charge < -0.3 is 24.3 Å². The fraction of sp³-hybridized carbons (Fsp3) is 0.278. The summed E-state index contributed by atoms with van der Waals surface area (Å²) in [4.78, 5) is 12.4. The van der Waals surface area contributed by atoms with Crippen molar-refractivity contribution in [2.24, 2.45) is 0 Å². The van der Waals surface area contributed by atoms with Crippen LogP contribution in [-0.2, 0) is 6.54 Å². The topological polar surface area (TPSA) is 66.0 Å². The van der Waals surface area contributed by atoms with E-state index in [1.807, 2.05) is 0 Å². The lowest BCUT2D eigenvalue weighted by atomic mass is 10.1. The molecule has 0 aliphatic heterocycles. The highest BCUT2D eigenvalue weighted by Gasteiger charge is 2.16. The van der Waals surface area contributed by atoms with E-state index in [4.69, 9.17) is 42.1 Å². The van der Waals surface area contributed by atoms with E-state index in [9.17, 15) is 4.79 Å². The van der Waals surface area contributed by atoms with Crippen LogP contribution in [0.3, 0.4) is 0 Å². The van der Waals surface area contributed by atoms with E-state index in [1.54, 1.807) is 12.1 Å². The van der Waals surface area contributed by atoms with E-state index in [1.165, 1.54) is 40.6 Å². The summed E-state index contributed by atoms with van der Waals surface area (Å²) >= 11 is 12.2. The normalized spacial score (nSPS) is 10.2. The number of amides is 1. The molecule has 0 spiro atoms. The largest absolute Gasteiger partial charge is 0.496 e. The number of rotatable bonds is 7. The number of ether oxygens (including phenoxy) is 4. The molecule has 140 valence electrons. The molecule has 1 N–H and O–H groups in total. The Bertz CT molecular complexity index is 787. The average Bonchev–Trinajstić information content (AvgIpc) is 2.64. The summed E-state index contributed by atoms with van der Waals surface area (Å²) in [5.74, 6) is 1.62. The number of nitrogens with one attached hydrogen (secondary N) is 1. The number of halogens is 2. The molecule has 8 heteroatoms. The Hall–Kier alpha value is -2.31. The first-order valence-electron chi connectivity index (χ1n) is 7.55. The van der Waals surface area contributed by atoms with Crippen LogP contribution in [0.15, 0.2) is 24.3 Å². The molecule has 0 aromatic heterocycles. The van der Waals surface area contributed by atoms with Gasteiger partial charge in [-0.15, -0.1) is 0 Å². The summed E-state index contributed by atoms with van der Waals surface area (Å²) in [7, 11) is 6.07. The van der Waals surface area contributed by atoms with E-state index < -0.39 is 0 Å². The summed E-state index contributed by atoms with van der Waals surface area (Å²) in [5, 5.41) is 3.31. The van der Waals surface area contributed by atoms with Gasteiger partial charge in [-0.2, -0.15) is 0 Å². The van der Waals surface area contributed by atoms with Crippen molar-refractivity contribution in [3.63, 3.8) is 0 Å². The monoisotopic (exact) mass is 399 g/mol. The summed E-state index contributed by atoms with van der Waals surface area (Å²) in [6.07, 6.45) is 0. The molecule has 6 nitrogen and oxygen atoms in total. The predicted octanol–water partition coefficient (Wildman–Crippen LogP) is 3.96. The molecular weight excluding hydrogens is 381 g/mol. The Morgan fingerprint density at radius 2 is 1.38 bits per heavy atom. The maximum absolute atomic E-state index is 12.4. The van der Waals surface area contributed by atoms with Gasteiger partial charge in [0.2, 0.25) is 0 Å². The third kappa shape index (κ3) is 4.26. The number of hydrogen-bond acceptors (Lipinski definition) is 5. The lowest BCUT2D eigenvalue weighted by molar-refractivity contribution is 0.0950. The number of carbonyl (C=O) groups is 1. The van der Waals surface area contributed by atoms with Gasteiger partial charge in [-0.1, -0.05) is 23.2 Å². The Balaban J connectivity index is 2.22. The zero-order valence-corrected chi connectivity index (χ0v) is 16.3. The molecule has 1 amide bonds. The van der Waals surface area contributed by atoms with Crippen LogP contribution in [0.25, 0.3) is 0 Å². The van der Waals surface area contributed by atoms with Gasteiger partial charge in [0.25, 0.3) is 5.91 Å². The second-order valence-corrected chi connectivity index (χ2v) is 5.99. The first-order chi connectivity index (χ1) is 12.4. The average molecular weight is 400 g/mol. The fourth-order valence-corrected chi connectivity index (χ4v) is 3.04. The molecule has 0 saturated carbocycles. The Morgan fingerprint density at radius 1 is 0.846 bits per heavy atom. The van der Waals surface area contributed by atoms with Crippen molar-refractivity contribution < 1.29 is 23.7 Å². The molecule has 0 bridgehead atoms. The maximum atomic E-state index is 12.4. The smallest absolute Gasteiger partial charge is 0.251 e. The highest BCUT2D eigenvalue weighted by Crippen LogP contribution is 2.35. The van der Waals surface area contributed by atoms with Crippen LogP contribution in [0.5, 0.6) is 23.0 Å². The van der Waals surface area contributed by atoms with Crippen LogP contribution < -0.4 is 24.3 Å². The van der Waals surface area contributed by atoms with Crippen molar-refractivity contribution in [2.75, 3.05) is 28.4 Å². The summed E-state index contributed by atoms with van der Waals surface area (Å²) in [6, 6.07) is 6.42. The van der Waals surface area contributed by atoms with Gasteiger partial charge in [-0.3, -0.25) is 4.79 Å². The van der Waals surface area contributed by atoms with Crippen molar-refractivity contribution in [1.82, 2.24) is 5.32 Å². The zero-order valence-electron chi connectivity index (χ0n) is 14.8. The number of methoxy groups -OCH3 is 4. The molecule has 0 unspecified atom stereocenters. The van der Waals surface area contributed by atoms with Crippen LogP contribution >= 0.6 is 23.2 Å². The van der Waals surface area contributed by atoms with Crippen molar-refractivity contribution >= 4 is 29.1 Å². The van der Waals surface area contributed by atoms with Crippen LogP contribution in [0.2, 0.25) is 10.0 Å². The molecule has 26 heavy (non-hydrogen) atoms. The third-order valence-electron chi connectivity index (χ3n) is 3.69. The zero-order chi connectivity index (χ0) is 19.3. The summed E-state index contributed by atoms with van der Waals surface area (Å²) < 4.78 is 21.0. The number of hydrogen-bond donors (Lipinski definition) is 1. The molecule has 0 aliphatic carbocycles. The van der Waals surface area contributed by atoms with E-state index in [0.29, 0.717) is 28.6 Å². The van der Waals surface area contributed by atoms with Crippen LogP contribution in [-0.4, -0.2) is 34.3 Å². The minimum atomic E-state index is -0.340. The second-order valence-electron chi connectivity index (χ2n) is 5.17. The second kappa shape index (κ2) is 8.87. The SMILES string of the molecule is COc1cc(OC)c(OC)cc1CNC(=O)c1cc(Cl)c(OC)c(Cl)c1. The van der Waals surface area contributed by atoms with E-state index >= 15 is 0 Å². The van der Waals surface area contributed by atoms with Gasteiger partial charge in [0.1, 0.15) is 5.75 Å². The number of benzene rings is 2.